The number of amides is 2. The van der Waals surface area contributed by atoms with Gasteiger partial charge in [-0.25, -0.2) is 8.78 Å². The van der Waals surface area contributed by atoms with Crippen molar-refractivity contribution in [1.82, 2.24) is 0 Å². The molecule has 2 aromatic rings. The molecular formula is C20H21F2N3O2. The van der Waals surface area contributed by atoms with Gasteiger partial charge in [0.15, 0.2) is 0 Å². The van der Waals surface area contributed by atoms with Gasteiger partial charge in [0.25, 0.3) is 0 Å². The second-order valence-corrected chi connectivity index (χ2v) is 6.75. The fraction of sp³-hybridized carbons (Fsp3) is 0.300. The lowest BCUT2D eigenvalue weighted by molar-refractivity contribution is -0.133. The molecule has 1 aliphatic heterocycles. The largest absolute Gasteiger partial charge is 0.372 e. The predicted octanol–water partition coefficient (Wildman–Crippen LogP) is 3.78. The molecule has 3 rings (SSSR count). The van der Waals surface area contributed by atoms with Gasteiger partial charge in [-0.1, -0.05) is 6.92 Å². The Morgan fingerprint density at radius 3 is 2.22 bits per heavy atom. The highest BCUT2D eigenvalue weighted by atomic mass is 19.1. The Hall–Kier alpha value is -2.96. The highest BCUT2D eigenvalue weighted by molar-refractivity contribution is 6.43. The van der Waals surface area contributed by atoms with Crippen molar-refractivity contribution in [1.29, 1.82) is 0 Å². The van der Waals surface area contributed by atoms with E-state index >= 15 is 0 Å². The van der Waals surface area contributed by atoms with Gasteiger partial charge in [-0.15, -0.1) is 0 Å². The summed E-state index contributed by atoms with van der Waals surface area (Å²) >= 11 is 0. The van der Waals surface area contributed by atoms with Crippen LogP contribution in [0, 0.1) is 17.6 Å². The van der Waals surface area contributed by atoms with Crippen LogP contribution in [0.1, 0.15) is 19.8 Å². The molecule has 1 aliphatic rings. The molecule has 0 aliphatic carbocycles. The Bertz CT molecular complexity index is 832. The zero-order chi connectivity index (χ0) is 19.4. The molecule has 0 unspecified atom stereocenters. The van der Waals surface area contributed by atoms with Crippen molar-refractivity contribution in [3.8, 4) is 0 Å². The molecular weight excluding hydrogens is 352 g/mol. The number of carbonyl (C=O) groups excluding carboxylic acids is 2. The third-order valence-electron chi connectivity index (χ3n) is 4.66. The van der Waals surface area contributed by atoms with Gasteiger partial charge in [0, 0.05) is 30.5 Å². The van der Waals surface area contributed by atoms with Crippen molar-refractivity contribution < 1.29 is 18.4 Å². The van der Waals surface area contributed by atoms with Gasteiger partial charge >= 0.3 is 11.8 Å². The first-order valence-electron chi connectivity index (χ1n) is 8.85. The van der Waals surface area contributed by atoms with Crippen LogP contribution in [0.5, 0.6) is 0 Å². The summed E-state index contributed by atoms with van der Waals surface area (Å²) in [7, 11) is 0. The topological polar surface area (TPSA) is 61.4 Å². The molecule has 0 aromatic heterocycles. The maximum absolute atomic E-state index is 13.6. The Morgan fingerprint density at radius 2 is 1.59 bits per heavy atom. The molecule has 2 amide bonds. The number of carbonyl (C=O) groups is 2. The Labute approximate surface area is 156 Å². The first-order chi connectivity index (χ1) is 12.9. The maximum atomic E-state index is 13.6. The van der Waals surface area contributed by atoms with Crippen molar-refractivity contribution in [2.45, 2.75) is 19.8 Å². The van der Waals surface area contributed by atoms with E-state index in [4.69, 9.17) is 0 Å². The highest BCUT2D eigenvalue weighted by Gasteiger charge is 2.18. The molecule has 27 heavy (non-hydrogen) atoms. The van der Waals surface area contributed by atoms with E-state index in [9.17, 15) is 18.4 Å². The van der Waals surface area contributed by atoms with Gasteiger partial charge in [0.1, 0.15) is 11.6 Å². The number of nitrogens with zero attached hydrogens (tertiary/aromatic N) is 1. The van der Waals surface area contributed by atoms with Gasteiger partial charge < -0.3 is 15.5 Å². The van der Waals surface area contributed by atoms with Crippen LogP contribution >= 0.6 is 0 Å². The molecule has 0 bridgehead atoms. The van der Waals surface area contributed by atoms with E-state index in [1.165, 1.54) is 0 Å². The summed E-state index contributed by atoms with van der Waals surface area (Å²) in [5, 5.41) is 4.59. The quantitative estimate of drug-likeness (QED) is 0.805. The van der Waals surface area contributed by atoms with Crippen LogP contribution in [-0.2, 0) is 9.59 Å². The number of halogens is 2. The predicted molar refractivity (Wildman–Crippen MR) is 101 cm³/mol. The molecule has 2 N–H and O–H groups in total. The van der Waals surface area contributed by atoms with E-state index in [0.29, 0.717) is 11.8 Å². The zero-order valence-electron chi connectivity index (χ0n) is 15.0. The average molecular weight is 373 g/mol. The first kappa shape index (κ1) is 18.8. The van der Waals surface area contributed by atoms with Gasteiger partial charge in [-0.3, -0.25) is 9.59 Å². The molecule has 1 heterocycles. The highest BCUT2D eigenvalue weighted by Crippen LogP contribution is 2.24. The number of nitrogens with one attached hydrogen (secondary N) is 2. The number of hydrogen-bond donors (Lipinski definition) is 2. The molecule has 0 atom stereocenters. The molecule has 2 aromatic carbocycles. The van der Waals surface area contributed by atoms with Crippen molar-refractivity contribution in [3.05, 3.63) is 54.1 Å². The number of benzene rings is 2. The average Bonchev–Trinajstić information content (AvgIpc) is 2.65. The molecule has 0 saturated carbocycles. The molecule has 1 fully saturated rings. The third-order valence-corrected chi connectivity index (χ3v) is 4.66. The van der Waals surface area contributed by atoms with Crippen molar-refractivity contribution in [2.24, 2.45) is 5.92 Å². The van der Waals surface area contributed by atoms with E-state index in [-0.39, 0.29) is 5.69 Å². The lowest BCUT2D eigenvalue weighted by Gasteiger charge is -2.32. The zero-order valence-corrected chi connectivity index (χ0v) is 15.0. The normalized spacial score (nSPS) is 14.7. The summed E-state index contributed by atoms with van der Waals surface area (Å²) in [5.74, 6) is -2.94. The first-order valence-corrected chi connectivity index (χ1v) is 8.85. The number of rotatable bonds is 3. The minimum atomic E-state index is -1.03. The number of hydrogen-bond acceptors (Lipinski definition) is 3. The summed E-state index contributed by atoms with van der Waals surface area (Å²) in [6.07, 6.45) is 2.30. The van der Waals surface area contributed by atoms with E-state index < -0.39 is 23.4 Å². The summed E-state index contributed by atoms with van der Waals surface area (Å²) in [4.78, 5) is 26.2. The summed E-state index contributed by atoms with van der Waals surface area (Å²) in [6.45, 7) is 4.25. The van der Waals surface area contributed by atoms with Crippen LogP contribution in [0.2, 0.25) is 0 Å². The van der Waals surface area contributed by atoms with Crippen molar-refractivity contribution in [3.63, 3.8) is 0 Å². The molecule has 0 radical (unpaired) electrons. The van der Waals surface area contributed by atoms with Crippen LogP contribution in [0.25, 0.3) is 0 Å². The third kappa shape index (κ3) is 4.81. The molecule has 5 nitrogen and oxygen atoms in total. The van der Waals surface area contributed by atoms with E-state index in [2.05, 4.69) is 22.5 Å². The maximum Gasteiger partial charge on any atom is 0.314 e. The van der Waals surface area contributed by atoms with Gasteiger partial charge in [-0.05, 0) is 55.2 Å². The lowest BCUT2D eigenvalue weighted by atomic mass is 9.99. The summed E-state index contributed by atoms with van der Waals surface area (Å²) in [5.41, 5.74) is 1.27. The number of piperidine rings is 1. The van der Waals surface area contributed by atoms with Gasteiger partial charge in [0.2, 0.25) is 0 Å². The summed E-state index contributed by atoms with van der Waals surface area (Å²) < 4.78 is 26.4. The van der Waals surface area contributed by atoms with E-state index in [1.54, 1.807) is 12.1 Å². The minimum Gasteiger partial charge on any atom is -0.372 e. The van der Waals surface area contributed by atoms with Gasteiger partial charge in [0.05, 0.1) is 5.69 Å². The standard InChI is InChI=1S/C20H21F2N3O2/c1-13-8-10-25(11-9-13)16-5-3-15(4-6-16)23-19(26)20(27)24-18-7-2-14(21)12-17(18)22/h2-7,12-13H,8-11H2,1H3,(H,23,26)(H,24,27). The molecule has 142 valence electrons. The van der Waals surface area contributed by atoms with E-state index in [0.717, 1.165) is 49.7 Å². The van der Waals surface area contributed by atoms with Crippen molar-refractivity contribution in [2.75, 3.05) is 28.6 Å². The second-order valence-electron chi connectivity index (χ2n) is 6.75. The molecule has 1 saturated heterocycles. The Balaban J connectivity index is 1.57. The van der Waals surface area contributed by atoms with Crippen LogP contribution in [0.4, 0.5) is 25.8 Å². The lowest BCUT2D eigenvalue weighted by Crippen LogP contribution is -2.32. The SMILES string of the molecule is CC1CCN(c2ccc(NC(=O)C(=O)Nc3ccc(F)cc3F)cc2)CC1. The Kier molecular flexibility index (Phi) is 5.69. The smallest absolute Gasteiger partial charge is 0.314 e. The number of anilines is 3. The molecule has 7 heteroatoms. The van der Waals surface area contributed by atoms with Crippen molar-refractivity contribution >= 4 is 28.9 Å². The minimum absolute atomic E-state index is 0.258. The fourth-order valence-corrected chi connectivity index (χ4v) is 2.98. The molecule has 0 spiro atoms. The van der Waals surface area contributed by atoms with E-state index in [1.807, 2.05) is 12.1 Å². The Morgan fingerprint density at radius 1 is 0.963 bits per heavy atom. The van der Waals surface area contributed by atoms with Crippen LogP contribution in [-0.4, -0.2) is 24.9 Å². The van der Waals surface area contributed by atoms with Gasteiger partial charge in [-0.2, -0.15) is 0 Å². The second kappa shape index (κ2) is 8.16. The van der Waals surface area contributed by atoms with Crippen LogP contribution in [0.15, 0.2) is 42.5 Å². The fourth-order valence-electron chi connectivity index (χ4n) is 2.98. The summed E-state index contributed by atoms with van der Waals surface area (Å²) in [6, 6.07) is 9.91. The monoisotopic (exact) mass is 373 g/mol. The van der Waals surface area contributed by atoms with Crippen LogP contribution in [0.3, 0.4) is 0 Å². The van der Waals surface area contributed by atoms with Crippen LogP contribution < -0.4 is 15.5 Å².